The molecule has 0 aliphatic carbocycles. The second-order valence-corrected chi connectivity index (χ2v) is 6.23. The third-order valence-electron chi connectivity index (χ3n) is 4.27. The van der Waals surface area contributed by atoms with Crippen LogP contribution >= 0.6 is 0 Å². The van der Waals surface area contributed by atoms with E-state index in [1.165, 1.54) is 6.42 Å². The SMILES string of the molecule is CC(C)CC(C)(C(=O)O)N1CCCC(C)C1C. The molecule has 1 heterocycles. The van der Waals surface area contributed by atoms with E-state index < -0.39 is 11.5 Å². The van der Waals surface area contributed by atoms with Crippen LogP contribution in [0.2, 0.25) is 0 Å². The first-order valence-electron chi connectivity index (χ1n) is 6.79. The number of carboxylic acids is 1. The minimum absolute atomic E-state index is 0.364. The van der Waals surface area contributed by atoms with E-state index >= 15 is 0 Å². The van der Waals surface area contributed by atoms with Crippen LogP contribution in [-0.4, -0.2) is 34.1 Å². The predicted molar refractivity (Wildman–Crippen MR) is 70.1 cm³/mol. The molecule has 17 heavy (non-hydrogen) atoms. The van der Waals surface area contributed by atoms with E-state index in [9.17, 15) is 9.90 Å². The van der Waals surface area contributed by atoms with Crippen molar-refractivity contribution in [2.75, 3.05) is 6.54 Å². The van der Waals surface area contributed by atoms with Gasteiger partial charge in [0.25, 0.3) is 0 Å². The normalized spacial score (nSPS) is 30.2. The number of nitrogens with zero attached hydrogens (tertiary/aromatic N) is 1. The highest BCUT2D eigenvalue weighted by Crippen LogP contribution is 2.33. The van der Waals surface area contributed by atoms with Crippen LogP contribution < -0.4 is 0 Å². The molecule has 3 unspecified atom stereocenters. The zero-order valence-electron chi connectivity index (χ0n) is 11.9. The van der Waals surface area contributed by atoms with E-state index in [0.717, 1.165) is 19.4 Å². The summed E-state index contributed by atoms with van der Waals surface area (Å²) < 4.78 is 0. The molecule has 1 N–H and O–H groups in total. The highest BCUT2D eigenvalue weighted by atomic mass is 16.4. The van der Waals surface area contributed by atoms with Gasteiger partial charge in [0.15, 0.2) is 0 Å². The van der Waals surface area contributed by atoms with Crippen LogP contribution in [0.1, 0.15) is 53.9 Å². The van der Waals surface area contributed by atoms with Crippen molar-refractivity contribution >= 4 is 5.97 Å². The maximum atomic E-state index is 11.7. The standard InChI is InChI=1S/C14H27NO2/c1-10(2)9-14(5,13(16)17)15-8-6-7-11(3)12(15)4/h10-12H,6-9H2,1-5H3,(H,16,17). The number of likely N-dealkylation sites (tertiary alicyclic amines) is 1. The van der Waals surface area contributed by atoms with E-state index in [-0.39, 0.29) is 0 Å². The average Bonchev–Trinajstić information content (AvgIpc) is 2.20. The van der Waals surface area contributed by atoms with Gasteiger partial charge in [-0.05, 0) is 51.5 Å². The summed E-state index contributed by atoms with van der Waals surface area (Å²) >= 11 is 0. The van der Waals surface area contributed by atoms with E-state index in [1.54, 1.807) is 0 Å². The molecule has 0 spiro atoms. The number of hydrogen-bond donors (Lipinski definition) is 1. The van der Waals surface area contributed by atoms with Gasteiger partial charge in [0.1, 0.15) is 5.54 Å². The van der Waals surface area contributed by atoms with E-state index in [0.29, 0.717) is 17.9 Å². The monoisotopic (exact) mass is 241 g/mol. The summed E-state index contributed by atoms with van der Waals surface area (Å²) in [5.74, 6) is 0.322. The molecule has 0 aromatic heterocycles. The van der Waals surface area contributed by atoms with Crippen molar-refractivity contribution in [1.29, 1.82) is 0 Å². The molecule has 0 aromatic rings. The van der Waals surface area contributed by atoms with Gasteiger partial charge < -0.3 is 5.11 Å². The van der Waals surface area contributed by atoms with Gasteiger partial charge in [-0.25, -0.2) is 0 Å². The van der Waals surface area contributed by atoms with E-state index in [4.69, 9.17) is 0 Å². The average molecular weight is 241 g/mol. The van der Waals surface area contributed by atoms with Gasteiger partial charge in [0.2, 0.25) is 0 Å². The molecule has 3 heteroatoms. The molecule has 1 fully saturated rings. The highest BCUT2D eigenvalue weighted by molar-refractivity contribution is 5.78. The van der Waals surface area contributed by atoms with Gasteiger partial charge in [0, 0.05) is 6.04 Å². The number of hydrogen-bond acceptors (Lipinski definition) is 2. The number of aliphatic carboxylic acids is 1. The predicted octanol–water partition coefficient (Wildman–Crippen LogP) is 3.00. The summed E-state index contributed by atoms with van der Waals surface area (Å²) in [7, 11) is 0. The molecule has 100 valence electrons. The summed E-state index contributed by atoms with van der Waals surface area (Å²) in [6.07, 6.45) is 3.06. The third-order valence-corrected chi connectivity index (χ3v) is 4.27. The van der Waals surface area contributed by atoms with Crippen molar-refractivity contribution in [2.45, 2.75) is 65.5 Å². The molecule has 0 radical (unpaired) electrons. The molecular weight excluding hydrogens is 214 g/mol. The second-order valence-electron chi connectivity index (χ2n) is 6.23. The summed E-state index contributed by atoms with van der Waals surface area (Å²) in [5.41, 5.74) is -0.706. The van der Waals surface area contributed by atoms with Crippen LogP contribution in [0.25, 0.3) is 0 Å². The van der Waals surface area contributed by atoms with Crippen LogP contribution in [0, 0.1) is 11.8 Å². The fraction of sp³-hybridized carbons (Fsp3) is 0.929. The number of piperidine rings is 1. The Bertz CT molecular complexity index is 277. The van der Waals surface area contributed by atoms with Gasteiger partial charge in [-0.2, -0.15) is 0 Å². The number of rotatable bonds is 4. The van der Waals surface area contributed by atoms with Crippen molar-refractivity contribution in [3.63, 3.8) is 0 Å². The minimum atomic E-state index is -0.706. The van der Waals surface area contributed by atoms with Crippen molar-refractivity contribution in [3.05, 3.63) is 0 Å². The van der Waals surface area contributed by atoms with E-state index in [1.807, 2.05) is 6.92 Å². The minimum Gasteiger partial charge on any atom is -0.480 e. The molecule has 0 amide bonds. The molecular formula is C14H27NO2. The van der Waals surface area contributed by atoms with Gasteiger partial charge in [0.05, 0.1) is 0 Å². The smallest absolute Gasteiger partial charge is 0.323 e. The Morgan fingerprint density at radius 1 is 1.47 bits per heavy atom. The first kappa shape index (κ1) is 14.5. The Morgan fingerprint density at radius 2 is 2.06 bits per heavy atom. The fourth-order valence-corrected chi connectivity index (χ4v) is 3.15. The molecule has 3 atom stereocenters. The van der Waals surface area contributed by atoms with Crippen molar-refractivity contribution in [2.24, 2.45) is 11.8 Å². The highest BCUT2D eigenvalue weighted by Gasteiger charge is 2.44. The van der Waals surface area contributed by atoms with Crippen LogP contribution in [0.3, 0.4) is 0 Å². The molecule has 1 saturated heterocycles. The quantitative estimate of drug-likeness (QED) is 0.822. The van der Waals surface area contributed by atoms with Crippen LogP contribution in [0.15, 0.2) is 0 Å². The van der Waals surface area contributed by atoms with Crippen molar-refractivity contribution in [3.8, 4) is 0 Å². The fourth-order valence-electron chi connectivity index (χ4n) is 3.15. The largest absolute Gasteiger partial charge is 0.480 e. The zero-order chi connectivity index (χ0) is 13.2. The zero-order valence-corrected chi connectivity index (χ0v) is 11.9. The maximum absolute atomic E-state index is 11.7. The Morgan fingerprint density at radius 3 is 2.53 bits per heavy atom. The van der Waals surface area contributed by atoms with Crippen LogP contribution in [0.5, 0.6) is 0 Å². The first-order valence-corrected chi connectivity index (χ1v) is 6.79. The number of carbonyl (C=O) groups is 1. The molecule has 0 bridgehead atoms. The van der Waals surface area contributed by atoms with Gasteiger partial charge >= 0.3 is 5.97 Å². The number of carboxylic acid groups (broad SMARTS) is 1. The lowest BCUT2D eigenvalue weighted by Gasteiger charge is -2.47. The Hall–Kier alpha value is -0.570. The topological polar surface area (TPSA) is 40.5 Å². The van der Waals surface area contributed by atoms with Crippen LogP contribution in [-0.2, 0) is 4.79 Å². The molecule has 1 aliphatic heterocycles. The van der Waals surface area contributed by atoms with Crippen molar-refractivity contribution < 1.29 is 9.90 Å². The lowest BCUT2D eigenvalue weighted by molar-refractivity contribution is -0.155. The lowest BCUT2D eigenvalue weighted by atomic mass is 9.82. The molecule has 1 aliphatic rings. The first-order chi connectivity index (χ1) is 7.79. The third kappa shape index (κ3) is 3.01. The Balaban J connectivity index is 2.93. The van der Waals surface area contributed by atoms with Crippen LogP contribution in [0.4, 0.5) is 0 Å². The lowest BCUT2D eigenvalue weighted by Crippen LogP contribution is -2.59. The molecule has 0 aromatic carbocycles. The Kier molecular flexibility index (Phi) is 4.59. The summed E-state index contributed by atoms with van der Waals surface area (Å²) in [5, 5.41) is 9.60. The second kappa shape index (κ2) is 5.38. The van der Waals surface area contributed by atoms with Gasteiger partial charge in [-0.15, -0.1) is 0 Å². The molecule has 1 rings (SSSR count). The van der Waals surface area contributed by atoms with E-state index in [2.05, 4.69) is 32.6 Å². The Labute approximate surface area is 105 Å². The summed E-state index contributed by atoms with van der Waals surface area (Å²) in [6.45, 7) is 11.4. The summed E-state index contributed by atoms with van der Waals surface area (Å²) in [4.78, 5) is 13.9. The van der Waals surface area contributed by atoms with Gasteiger partial charge in [-0.1, -0.05) is 20.8 Å². The molecule has 0 saturated carbocycles. The van der Waals surface area contributed by atoms with Gasteiger partial charge in [-0.3, -0.25) is 9.69 Å². The summed E-state index contributed by atoms with van der Waals surface area (Å²) in [6, 6.07) is 0.364. The molecule has 3 nitrogen and oxygen atoms in total. The maximum Gasteiger partial charge on any atom is 0.323 e. The van der Waals surface area contributed by atoms with Crippen molar-refractivity contribution in [1.82, 2.24) is 4.90 Å².